The molecule has 1 heterocycles. The minimum atomic E-state index is -0.319. The molecule has 2 rings (SSSR count). The van der Waals surface area contributed by atoms with Crippen molar-refractivity contribution in [3.63, 3.8) is 0 Å². The van der Waals surface area contributed by atoms with Gasteiger partial charge in [-0.1, -0.05) is 12.1 Å². The van der Waals surface area contributed by atoms with E-state index in [9.17, 15) is 9.59 Å². The van der Waals surface area contributed by atoms with Crippen LogP contribution in [0.25, 0.3) is 0 Å². The smallest absolute Gasteiger partial charge is 0.237 e. The summed E-state index contributed by atoms with van der Waals surface area (Å²) in [4.78, 5) is 22.9. The first kappa shape index (κ1) is 16.8. The van der Waals surface area contributed by atoms with Crippen LogP contribution in [0.1, 0.15) is 25.2 Å². The first-order valence-corrected chi connectivity index (χ1v) is 7.44. The number of benzene rings is 1. The summed E-state index contributed by atoms with van der Waals surface area (Å²) in [7, 11) is 0. The van der Waals surface area contributed by atoms with Crippen LogP contribution in [-0.2, 0) is 22.7 Å². The highest BCUT2D eigenvalue weighted by Gasteiger charge is 2.12. The van der Waals surface area contributed by atoms with Crippen molar-refractivity contribution in [1.82, 2.24) is 10.6 Å². The van der Waals surface area contributed by atoms with Gasteiger partial charge in [0.05, 0.1) is 18.8 Å². The molecule has 2 aromatic rings. The van der Waals surface area contributed by atoms with E-state index in [1.807, 2.05) is 37.3 Å². The maximum atomic E-state index is 12.0. The number of hydrogen-bond donors (Lipinski definition) is 3. The summed E-state index contributed by atoms with van der Waals surface area (Å²) in [5.41, 5.74) is 1.79. The normalized spacial score (nSPS) is 11.7. The van der Waals surface area contributed by atoms with Gasteiger partial charge in [0.1, 0.15) is 5.76 Å². The van der Waals surface area contributed by atoms with Crippen LogP contribution >= 0.6 is 0 Å². The van der Waals surface area contributed by atoms with Gasteiger partial charge in [-0.05, 0) is 36.8 Å². The van der Waals surface area contributed by atoms with Gasteiger partial charge in [-0.25, -0.2) is 0 Å². The molecule has 0 bridgehead atoms. The van der Waals surface area contributed by atoms with Gasteiger partial charge in [-0.15, -0.1) is 0 Å². The fourth-order valence-corrected chi connectivity index (χ4v) is 2.01. The van der Waals surface area contributed by atoms with Crippen molar-refractivity contribution >= 4 is 17.5 Å². The molecule has 0 saturated heterocycles. The summed E-state index contributed by atoms with van der Waals surface area (Å²) in [6.07, 6.45) is 1.58. The van der Waals surface area contributed by atoms with E-state index < -0.39 is 0 Å². The molecule has 122 valence electrons. The number of rotatable bonds is 7. The summed E-state index contributed by atoms with van der Waals surface area (Å²) in [6.45, 7) is 4.22. The largest absolute Gasteiger partial charge is 0.467 e. The molecule has 2 amide bonds. The Hall–Kier alpha value is -2.60. The van der Waals surface area contributed by atoms with Gasteiger partial charge < -0.3 is 20.4 Å². The third-order valence-electron chi connectivity index (χ3n) is 3.30. The number of amides is 2. The Labute approximate surface area is 135 Å². The van der Waals surface area contributed by atoms with Gasteiger partial charge in [-0.3, -0.25) is 9.59 Å². The van der Waals surface area contributed by atoms with Crippen LogP contribution < -0.4 is 16.0 Å². The van der Waals surface area contributed by atoms with Gasteiger partial charge in [0.15, 0.2) is 0 Å². The van der Waals surface area contributed by atoms with Crippen molar-refractivity contribution in [1.29, 1.82) is 0 Å². The monoisotopic (exact) mass is 315 g/mol. The number of furan rings is 1. The summed E-state index contributed by atoms with van der Waals surface area (Å²) in [6, 6.07) is 10.8. The Morgan fingerprint density at radius 2 is 1.87 bits per heavy atom. The lowest BCUT2D eigenvalue weighted by atomic mass is 10.2. The van der Waals surface area contributed by atoms with Crippen molar-refractivity contribution in [2.75, 3.05) is 5.32 Å². The van der Waals surface area contributed by atoms with Crippen LogP contribution in [0.2, 0.25) is 0 Å². The quantitative estimate of drug-likeness (QED) is 0.730. The predicted octanol–water partition coefficient (Wildman–Crippen LogP) is 2.03. The first-order valence-electron chi connectivity index (χ1n) is 7.44. The molecule has 3 N–H and O–H groups in total. The highest BCUT2D eigenvalue weighted by Crippen LogP contribution is 2.09. The van der Waals surface area contributed by atoms with Gasteiger partial charge in [0.2, 0.25) is 11.8 Å². The second-order valence-corrected chi connectivity index (χ2v) is 5.28. The van der Waals surface area contributed by atoms with Crippen LogP contribution in [-0.4, -0.2) is 17.9 Å². The third kappa shape index (κ3) is 5.60. The maximum Gasteiger partial charge on any atom is 0.237 e. The molecule has 1 aromatic heterocycles. The summed E-state index contributed by atoms with van der Waals surface area (Å²) < 4.78 is 5.17. The highest BCUT2D eigenvalue weighted by molar-refractivity contribution is 5.88. The van der Waals surface area contributed by atoms with Crippen molar-refractivity contribution in [2.24, 2.45) is 0 Å². The van der Waals surface area contributed by atoms with Crippen LogP contribution in [0.4, 0.5) is 5.69 Å². The molecule has 1 aromatic carbocycles. The van der Waals surface area contributed by atoms with E-state index in [0.717, 1.165) is 17.0 Å². The molecule has 0 aliphatic heterocycles. The molecule has 23 heavy (non-hydrogen) atoms. The zero-order valence-corrected chi connectivity index (χ0v) is 13.3. The fourth-order valence-electron chi connectivity index (χ4n) is 2.01. The van der Waals surface area contributed by atoms with E-state index >= 15 is 0 Å². The molecule has 0 fully saturated rings. The molecule has 1 atom stereocenters. The second kappa shape index (κ2) is 8.14. The number of carbonyl (C=O) groups is 2. The number of hydrogen-bond acceptors (Lipinski definition) is 4. The molecule has 6 heteroatoms. The maximum absolute atomic E-state index is 12.0. The lowest BCUT2D eigenvalue weighted by molar-refractivity contribution is -0.123. The van der Waals surface area contributed by atoms with Crippen LogP contribution in [0.3, 0.4) is 0 Å². The lowest BCUT2D eigenvalue weighted by Crippen LogP contribution is -2.41. The number of anilines is 1. The summed E-state index contributed by atoms with van der Waals surface area (Å²) in [5.74, 6) is 0.535. The van der Waals surface area contributed by atoms with Crippen molar-refractivity contribution < 1.29 is 14.0 Å². The average molecular weight is 315 g/mol. The van der Waals surface area contributed by atoms with Crippen LogP contribution in [0.15, 0.2) is 47.1 Å². The molecular weight excluding hydrogens is 294 g/mol. The Bertz CT molecular complexity index is 636. The van der Waals surface area contributed by atoms with Gasteiger partial charge in [-0.2, -0.15) is 0 Å². The average Bonchev–Trinajstić information content (AvgIpc) is 3.04. The van der Waals surface area contributed by atoms with Crippen molar-refractivity contribution in [3.8, 4) is 0 Å². The number of carbonyl (C=O) groups excluding carboxylic acids is 2. The molecule has 0 radical (unpaired) electrons. The number of nitrogens with one attached hydrogen (secondary N) is 3. The van der Waals surface area contributed by atoms with E-state index in [-0.39, 0.29) is 17.9 Å². The summed E-state index contributed by atoms with van der Waals surface area (Å²) >= 11 is 0. The third-order valence-corrected chi connectivity index (χ3v) is 3.30. The molecule has 0 aliphatic carbocycles. The van der Waals surface area contributed by atoms with Crippen LogP contribution in [0.5, 0.6) is 0 Å². The molecule has 1 unspecified atom stereocenters. The first-order chi connectivity index (χ1) is 11.0. The van der Waals surface area contributed by atoms with E-state index in [0.29, 0.717) is 13.1 Å². The standard InChI is InChI=1S/C17H21N3O3/c1-12(17(22)19-11-16-4-3-9-23-16)18-10-14-5-7-15(8-6-14)20-13(2)21/h3-9,12,18H,10-11H2,1-2H3,(H,19,22)(H,20,21). The fraction of sp³-hybridized carbons (Fsp3) is 0.294. The van der Waals surface area contributed by atoms with Gasteiger partial charge in [0.25, 0.3) is 0 Å². The molecule has 0 saturated carbocycles. The van der Waals surface area contributed by atoms with Crippen LogP contribution in [0, 0.1) is 0 Å². The predicted molar refractivity (Wildman–Crippen MR) is 87.6 cm³/mol. The Balaban J connectivity index is 1.75. The van der Waals surface area contributed by atoms with E-state index in [4.69, 9.17) is 4.42 Å². The van der Waals surface area contributed by atoms with Crippen molar-refractivity contribution in [2.45, 2.75) is 33.0 Å². The minimum Gasteiger partial charge on any atom is -0.467 e. The zero-order valence-electron chi connectivity index (χ0n) is 13.3. The molecular formula is C17H21N3O3. The molecule has 0 spiro atoms. The summed E-state index contributed by atoms with van der Waals surface area (Å²) in [5, 5.41) is 8.68. The van der Waals surface area contributed by atoms with E-state index in [2.05, 4.69) is 16.0 Å². The Morgan fingerprint density at radius 1 is 1.13 bits per heavy atom. The SMILES string of the molecule is CC(=O)Nc1ccc(CNC(C)C(=O)NCc2ccco2)cc1. The van der Waals surface area contributed by atoms with Gasteiger partial charge >= 0.3 is 0 Å². The zero-order chi connectivity index (χ0) is 16.7. The lowest BCUT2D eigenvalue weighted by Gasteiger charge is -2.14. The van der Waals surface area contributed by atoms with Crippen molar-refractivity contribution in [3.05, 3.63) is 54.0 Å². The minimum absolute atomic E-state index is 0.0868. The Kier molecular flexibility index (Phi) is 5.94. The molecule has 0 aliphatic rings. The topological polar surface area (TPSA) is 83.4 Å². The highest BCUT2D eigenvalue weighted by atomic mass is 16.3. The Morgan fingerprint density at radius 3 is 2.48 bits per heavy atom. The van der Waals surface area contributed by atoms with Gasteiger partial charge in [0, 0.05) is 19.2 Å². The second-order valence-electron chi connectivity index (χ2n) is 5.28. The van der Waals surface area contributed by atoms with E-state index in [1.165, 1.54) is 6.92 Å². The molecule has 6 nitrogen and oxygen atoms in total. The van der Waals surface area contributed by atoms with E-state index in [1.54, 1.807) is 12.3 Å².